The van der Waals surface area contributed by atoms with E-state index in [0.717, 1.165) is 25.7 Å². The molecule has 1 unspecified atom stereocenters. The SMILES string of the molecule is C[C@H]1OCC2(CCN(c3cc(S(=O)(=O)NC4(C)CC4)cn4c(-c5nnc(C(F)(F)F)s5)c(C5CC5)nc34)CC2)C1O. The molecule has 0 radical (unpaired) electrons. The molecule has 222 valence electrons. The van der Waals surface area contributed by atoms with Gasteiger partial charge in [-0.05, 0) is 58.4 Å². The molecule has 0 aromatic carbocycles. The van der Waals surface area contributed by atoms with Gasteiger partial charge >= 0.3 is 6.18 Å². The molecule has 3 aromatic heterocycles. The van der Waals surface area contributed by atoms with Crippen molar-refractivity contribution in [3.8, 4) is 10.7 Å². The van der Waals surface area contributed by atoms with Gasteiger partial charge in [0.1, 0.15) is 10.6 Å². The normalized spacial score (nSPS) is 25.9. The lowest BCUT2D eigenvalue weighted by Gasteiger charge is -2.41. The average Bonchev–Trinajstić information content (AvgIpc) is 3.76. The van der Waals surface area contributed by atoms with Gasteiger partial charge in [-0.15, -0.1) is 10.2 Å². The number of nitrogens with one attached hydrogen (secondary N) is 1. The molecule has 41 heavy (non-hydrogen) atoms. The lowest BCUT2D eigenvalue weighted by atomic mass is 9.74. The highest BCUT2D eigenvalue weighted by molar-refractivity contribution is 7.89. The standard InChI is InChI=1S/C26H31F3N6O4S2/c1-14-20(36)25(13-39-14)7-9-34(10-8-25)17-11-16(41(37,38)33-24(2)5-6-24)12-35-19(18(15-3-4-15)30-21(17)35)22-31-32-23(40-22)26(27,28)29/h11-12,14-15,20,33,36H,3-10,13H2,1-2H3/t14-,20?/m1/s1. The monoisotopic (exact) mass is 612 g/mol. The molecule has 2 N–H and O–H groups in total. The maximum atomic E-state index is 13.6. The minimum Gasteiger partial charge on any atom is -0.390 e. The number of anilines is 1. The predicted molar refractivity (Wildman–Crippen MR) is 144 cm³/mol. The Morgan fingerprint density at radius 3 is 2.44 bits per heavy atom. The lowest BCUT2D eigenvalue weighted by Crippen LogP contribution is -2.47. The largest absolute Gasteiger partial charge is 0.445 e. The summed E-state index contributed by atoms with van der Waals surface area (Å²) < 4.78 is 77.7. The molecule has 4 fully saturated rings. The highest BCUT2D eigenvalue weighted by atomic mass is 32.2. The molecular weight excluding hydrogens is 581 g/mol. The quantitative estimate of drug-likeness (QED) is 0.430. The van der Waals surface area contributed by atoms with E-state index in [1.807, 2.05) is 13.8 Å². The Hall–Kier alpha value is -2.33. The average molecular weight is 613 g/mol. The van der Waals surface area contributed by atoms with Gasteiger partial charge in [-0.2, -0.15) is 13.2 Å². The summed E-state index contributed by atoms with van der Waals surface area (Å²) in [6, 6.07) is 1.61. The Morgan fingerprint density at radius 2 is 1.88 bits per heavy atom. The molecule has 1 spiro atoms. The van der Waals surface area contributed by atoms with Crippen molar-refractivity contribution in [2.75, 3.05) is 24.6 Å². The Morgan fingerprint density at radius 1 is 1.17 bits per heavy atom. The topological polar surface area (TPSA) is 122 Å². The van der Waals surface area contributed by atoms with Crippen LogP contribution in [-0.4, -0.2) is 70.5 Å². The van der Waals surface area contributed by atoms with Crippen molar-refractivity contribution >= 4 is 32.7 Å². The second-order valence-electron chi connectivity index (χ2n) is 12.3. The molecule has 15 heteroatoms. The zero-order valence-corrected chi connectivity index (χ0v) is 24.2. The van der Waals surface area contributed by atoms with E-state index in [4.69, 9.17) is 9.72 Å². The molecule has 0 amide bonds. The van der Waals surface area contributed by atoms with Crippen LogP contribution in [0.2, 0.25) is 0 Å². The van der Waals surface area contributed by atoms with E-state index >= 15 is 0 Å². The first kappa shape index (κ1) is 27.5. The Kier molecular flexibility index (Phi) is 6.09. The Labute approximate surface area is 239 Å². The number of imidazole rings is 1. The molecule has 2 atom stereocenters. The highest BCUT2D eigenvalue weighted by Gasteiger charge is 2.49. The number of pyridine rings is 1. The number of aliphatic hydroxyl groups excluding tert-OH is 1. The van der Waals surface area contributed by atoms with E-state index in [0.29, 0.717) is 66.6 Å². The third-order valence-corrected chi connectivity index (χ3v) is 11.6. The summed E-state index contributed by atoms with van der Waals surface area (Å²) in [5, 5.41) is 17.1. The molecule has 4 aliphatic rings. The summed E-state index contributed by atoms with van der Waals surface area (Å²) >= 11 is 0.431. The minimum absolute atomic E-state index is 0.00725. The highest BCUT2D eigenvalue weighted by Crippen LogP contribution is 2.48. The van der Waals surface area contributed by atoms with Gasteiger partial charge in [0.25, 0.3) is 0 Å². The lowest BCUT2D eigenvalue weighted by molar-refractivity contribution is -0.138. The number of hydrogen-bond donors (Lipinski definition) is 2. The van der Waals surface area contributed by atoms with Gasteiger partial charge in [-0.1, -0.05) is 11.3 Å². The van der Waals surface area contributed by atoms with Crippen LogP contribution >= 0.6 is 11.3 Å². The van der Waals surface area contributed by atoms with Crippen LogP contribution in [0, 0.1) is 5.41 Å². The molecule has 2 aliphatic carbocycles. The number of rotatable bonds is 6. The van der Waals surface area contributed by atoms with E-state index in [-0.39, 0.29) is 27.3 Å². The number of piperidine rings is 1. The van der Waals surface area contributed by atoms with Crippen LogP contribution in [0.4, 0.5) is 18.9 Å². The fourth-order valence-corrected chi connectivity index (χ4v) is 8.31. The van der Waals surface area contributed by atoms with Gasteiger partial charge in [-0.25, -0.2) is 18.1 Å². The summed E-state index contributed by atoms with van der Waals surface area (Å²) in [6.07, 6.45) is 0.387. The Bertz CT molecular complexity index is 1620. The number of fused-ring (bicyclic) bond motifs is 1. The van der Waals surface area contributed by atoms with E-state index in [1.165, 1.54) is 6.20 Å². The van der Waals surface area contributed by atoms with Crippen LogP contribution in [0.5, 0.6) is 0 Å². The van der Waals surface area contributed by atoms with Crippen LogP contribution in [0.15, 0.2) is 17.2 Å². The molecule has 2 aliphatic heterocycles. The number of aliphatic hydroxyl groups is 1. The van der Waals surface area contributed by atoms with Crippen molar-refractivity contribution in [1.82, 2.24) is 24.3 Å². The summed E-state index contributed by atoms with van der Waals surface area (Å²) in [4.78, 5) is 6.98. The Balaban J connectivity index is 1.36. The number of sulfonamides is 1. The molecule has 7 rings (SSSR count). The number of ether oxygens (including phenoxy) is 1. The zero-order valence-electron chi connectivity index (χ0n) is 22.6. The molecule has 2 saturated heterocycles. The summed E-state index contributed by atoms with van der Waals surface area (Å²) in [5.41, 5.74) is 1.13. The van der Waals surface area contributed by atoms with E-state index < -0.39 is 32.9 Å². The van der Waals surface area contributed by atoms with Crippen LogP contribution in [0.3, 0.4) is 0 Å². The summed E-state index contributed by atoms with van der Waals surface area (Å²) in [6.45, 7) is 5.25. The van der Waals surface area contributed by atoms with Crippen molar-refractivity contribution in [2.45, 2.75) is 87.1 Å². The fourth-order valence-electron chi connectivity index (χ4n) is 6.07. The van der Waals surface area contributed by atoms with Crippen LogP contribution in [0.25, 0.3) is 16.3 Å². The maximum Gasteiger partial charge on any atom is 0.445 e. The van der Waals surface area contributed by atoms with Gasteiger partial charge in [0.05, 0.1) is 30.2 Å². The van der Waals surface area contributed by atoms with Crippen molar-refractivity contribution in [2.24, 2.45) is 5.41 Å². The van der Waals surface area contributed by atoms with Gasteiger partial charge in [0, 0.05) is 36.2 Å². The van der Waals surface area contributed by atoms with Gasteiger partial charge in [-0.3, -0.25) is 4.40 Å². The summed E-state index contributed by atoms with van der Waals surface area (Å²) in [5.74, 6) is 0.0523. The zero-order chi connectivity index (χ0) is 28.9. The first-order valence-corrected chi connectivity index (χ1v) is 16.1. The second-order valence-corrected chi connectivity index (χ2v) is 14.9. The number of hydrogen-bond acceptors (Lipinski definition) is 9. The van der Waals surface area contributed by atoms with E-state index in [9.17, 15) is 26.7 Å². The number of alkyl halides is 3. The number of aromatic nitrogens is 4. The number of halogens is 3. The third kappa shape index (κ3) is 4.73. The third-order valence-electron chi connectivity index (χ3n) is 9.03. The molecule has 10 nitrogen and oxygen atoms in total. The molecule has 5 heterocycles. The van der Waals surface area contributed by atoms with E-state index in [1.54, 1.807) is 10.5 Å². The molecule has 0 bridgehead atoms. The van der Waals surface area contributed by atoms with Crippen LogP contribution in [0.1, 0.15) is 69.0 Å². The molecule has 3 aromatic rings. The smallest absolute Gasteiger partial charge is 0.390 e. The van der Waals surface area contributed by atoms with Gasteiger partial charge < -0.3 is 14.7 Å². The van der Waals surface area contributed by atoms with Gasteiger partial charge in [0.15, 0.2) is 10.7 Å². The van der Waals surface area contributed by atoms with Crippen molar-refractivity contribution in [1.29, 1.82) is 0 Å². The summed E-state index contributed by atoms with van der Waals surface area (Å²) in [7, 11) is -3.96. The van der Waals surface area contributed by atoms with E-state index in [2.05, 4.69) is 19.8 Å². The first-order valence-electron chi connectivity index (χ1n) is 13.8. The molecular formula is C26H31F3N6O4S2. The maximum absolute atomic E-state index is 13.6. The first-order chi connectivity index (χ1) is 19.3. The second kappa shape index (κ2) is 9.09. The van der Waals surface area contributed by atoms with Crippen molar-refractivity contribution in [3.63, 3.8) is 0 Å². The van der Waals surface area contributed by atoms with Gasteiger partial charge in [0.2, 0.25) is 15.0 Å². The van der Waals surface area contributed by atoms with Crippen LogP contribution < -0.4 is 9.62 Å². The predicted octanol–water partition coefficient (Wildman–Crippen LogP) is 3.95. The van der Waals surface area contributed by atoms with Crippen molar-refractivity contribution < 1.29 is 31.4 Å². The minimum atomic E-state index is -4.64. The van der Waals surface area contributed by atoms with Crippen molar-refractivity contribution in [3.05, 3.63) is 23.0 Å². The number of nitrogens with zero attached hydrogens (tertiary/aromatic N) is 5. The van der Waals surface area contributed by atoms with Crippen LogP contribution in [-0.2, 0) is 20.9 Å². The fraction of sp³-hybridized carbons (Fsp3) is 0.654. The molecule has 2 saturated carbocycles.